The molecule has 0 aliphatic carbocycles. The molecule has 160 valence electrons. The lowest BCUT2D eigenvalue weighted by Crippen LogP contribution is -2.23. The van der Waals surface area contributed by atoms with E-state index in [1.165, 1.54) is 16.7 Å². The average Bonchev–Trinajstić information content (AvgIpc) is 3.28. The Kier molecular flexibility index (Phi) is 7.09. The highest BCUT2D eigenvalue weighted by Crippen LogP contribution is 2.25. The van der Waals surface area contributed by atoms with Crippen LogP contribution < -0.4 is 5.56 Å². The summed E-state index contributed by atoms with van der Waals surface area (Å²) in [5.41, 5.74) is 1.63. The number of hydrogen-bond acceptors (Lipinski definition) is 7. The summed E-state index contributed by atoms with van der Waals surface area (Å²) in [7, 11) is 0. The Morgan fingerprint density at radius 1 is 1.03 bits per heavy atom. The maximum atomic E-state index is 13.1. The van der Waals surface area contributed by atoms with Crippen molar-refractivity contribution >= 4 is 34.4 Å². The van der Waals surface area contributed by atoms with Crippen LogP contribution in [0.15, 0.2) is 67.9 Å². The molecule has 4 aromatic rings. The van der Waals surface area contributed by atoms with Gasteiger partial charge in [-0.15, -0.1) is 11.8 Å². The van der Waals surface area contributed by atoms with Crippen LogP contribution in [-0.2, 0) is 12.3 Å². The van der Waals surface area contributed by atoms with Crippen LogP contribution in [0, 0.1) is 0 Å². The van der Waals surface area contributed by atoms with Gasteiger partial charge in [0.15, 0.2) is 5.16 Å². The van der Waals surface area contributed by atoms with Crippen LogP contribution in [0.4, 0.5) is 0 Å². The molecule has 0 unspecified atom stereocenters. The first kappa shape index (κ1) is 21.6. The minimum atomic E-state index is 0.00399. The van der Waals surface area contributed by atoms with Crippen LogP contribution in [0.3, 0.4) is 0 Å². The number of thioether (sulfide) groups is 2. The van der Waals surface area contributed by atoms with Crippen molar-refractivity contribution < 1.29 is 4.52 Å². The molecule has 0 saturated heterocycles. The Labute approximate surface area is 189 Å². The Balaban J connectivity index is 1.56. The lowest BCUT2D eigenvalue weighted by molar-refractivity contribution is 0.391. The molecule has 0 bridgehead atoms. The molecule has 0 spiro atoms. The number of fused-ring (bicyclic) bond motifs is 1. The molecule has 0 aliphatic heterocycles. The molecule has 0 amide bonds. The van der Waals surface area contributed by atoms with E-state index in [1.807, 2.05) is 54.8 Å². The molecule has 0 fully saturated rings. The molecular formula is C23H24N4O2S2. The Morgan fingerprint density at radius 3 is 2.61 bits per heavy atom. The van der Waals surface area contributed by atoms with Crippen molar-refractivity contribution in [3.8, 4) is 11.4 Å². The predicted octanol–water partition coefficient (Wildman–Crippen LogP) is 5.65. The van der Waals surface area contributed by atoms with E-state index >= 15 is 0 Å². The minimum Gasteiger partial charge on any atom is -0.338 e. The van der Waals surface area contributed by atoms with Gasteiger partial charge in [-0.05, 0) is 49.1 Å². The second-order valence-electron chi connectivity index (χ2n) is 7.10. The highest BCUT2D eigenvalue weighted by molar-refractivity contribution is 7.98. The third-order valence-corrected chi connectivity index (χ3v) is 6.66. The summed E-state index contributed by atoms with van der Waals surface area (Å²) < 4.78 is 7.23. The van der Waals surface area contributed by atoms with E-state index in [1.54, 1.807) is 16.3 Å². The van der Waals surface area contributed by atoms with Gasteiger partial charge in [0.05, 0.1) is 16.7 Å². The number of unbranched alkanes of at least 4 members (excludes halogenated alkanes) is 2. The number of benzene rings is 2. The van der Waals surface area contributed by atoms with Gasteiger partial charge in [0.1, 0.15) is 0 Å². The molecular weight excluding hydrogens is 428 g/mol. The van der Waals surface area contributed by atoms with Crippen LogP contribution >= 0.6 is 23.5 Å². The zero-order valence-corrected chi connectivity index (χ0v) is 19.2. The molecule has 0 atom stereocenters. The first-order valence-corrected chi connectivity index (χ1v) is 12.5. The maximum Gasteiger partial charge on any atom is 0.262 e. The fourth-order valence-corrected chi connectivity index (χ4v) is 4.54. The van der Waals surface area contributed by atoms with E-state index < -0.39 is 0 Å². The summed E-state index contributed by atoms with van der Waals surface area (Å²) in [6.45, 7) is 2.81. The lowest BCUT2D eigenvalue weighted by Gasteiger charge is -2.12. The molecule has 2 aromatic heterocycles. The molecule has 0 aliphatic rings. The van der Waals surface area contributed by atoms with E-state index in [4.69, 9.17) is 9.51 Å². The highest BCUT2D eigenvalue weighted by Gasteiger charge is 2.14. The Morgan fingerprint density at radius 2 is 1.84 bits per heavy atom. The smallest absolute Gasteiger partial charge is 0.262 e. The molecule has 6 nitrogen and oxygen atoms in total. The van der Waals surface area contributed by atoms with Gasteiger partial charge < -0.3 is 4.52 Å². The summed E-state index contributed by atoms with van der Waals surface area (Å²) in [4.78, 5) is 23.5. The van der Waals surface area contributed by atoms with Crippen molar-refractivity contribution in [2.24, 2.45) is 0 Å². The fraction of sp³-hybridized carbons (Fsp3) is 0.304. The number of rotatable bonds is 9. The molecule has 4 rings (SSSR count). The van der Waals surface area contributed by atoms with E-state index in [0.29, 0.717) is 40.1 Å². The minimum absolute atomic E-state index is 0.00399. The molecule has 2 aromatic carbocycles. The van der Waals surface area contributed by atoms with Gasteiger partial charge >= 0.3 is 0 Å². The zero-order chi connectivity index (χ0) is 21.6. The third kappa shape index (κ3) is 5.02. The maximum absolute atomic E-state index is 13.1. The Bertz CT molecular complexity index is 1220. The highest BCUT2D eigenvalue weighted by atomic mass is 32.2. The molecule has 8 heteroatoms. The van der Waals surface area contributed by atoms with Gasteiger partial charge in [0.2, 0.25) is 11.7 Å². The standard InChI is InChI=1S/C23H24N4O2S2/c1-3-4-7-14-27-22(28)18-8-5-6-9-19(18)24-23(27)31-15-20-25-21(26-29-20)16-10-12-17(30-2)13-11-16/h5-6,8-13H,3-4,7,14-15H2,1-2H3. The van der Waals surface area contributed by atoms with Crippen LogP contribution in [-0.4, -0.2) is 25.9 Å². The number of para-hydroxylation sites is 1. The number of hydrogen-bond donors (Lipinski definition) is 0. The summed E-state index contributed by atoms with van der Waals surface area (Å²) in [6, 6.07) is 15.5. The van der Waals surface area contributed by atoms with Gasteiger partial charge in [-0.3, -0.25) is 9.36 Å². The lowest BCUT2D eigenvalue weighted by atomic mass is 10.2. The van der Waals surface area contributed by atoms with Crippen molar-refractivity contribution in [3.05, 3.63) is 64.8 Å². The van der Waals surface area contributed by atoms with Crippen molar-refractivity contribution in [2.75, 3.05) is 6.26 Å². The number of nitrogens with zero attached hydrogens (tertiary/aromatic N) is 4. The van der Waals surface area contributed by atoms with Gasteiger partial charge in [-0.25, -0.2) is 4.98 Å². The monoisotopic (exact) mass is 452 g/mol. The predicted molar refractivity (Wildman–Crippen MR) is 127 cm³/mol. The summed E-state index contributed by atoms with van der Waals surface area (Å²) in [5, 5.41) is 5.44. The van der Waals surface area contributed by atoms with E-state index in [0.717, 1.165) is 24.8 Å². The number of aromatic nitrogens is 4. The molecule has 31 heavy (non-hydrogen) atoms. The largest absolute Gasteiger partial charge is 0.338 e. The van der Waals surface area contributed by atoms with E-state index in [9.17, 15) is 4.79 Å². The van der Waals surface area contributed by atoms with Crippen LogP contribution in [0.2, 0.25) is 0 Å². The molecule has 2 heterocycles. The molecule has 0 radical (unpaired) electrons. The molecule has 0 N–H and O–H groups in total. The second kappa shape index (κ2) is 10.2. The average molecular weight is 453 g/mol. The van der Waals surface area contributed by atoms with E-state index in [-0.39, 0.29) is 5.56 Å². The van der Waals surface area contributed by atoms with Crippen molar-refractivity contribution in [1.82, 2.24) is 19.7 Å². The van der Waals surface area contributed by atoms with Gasteiger partial charge in [-0.2, -0.15) is 4.98 Å². The second-order valence-corrected chi connectivity index (χ2v) is 8.93. The fourth-order valence-electron chi connectivity index (χ4n) is 3.27. The third-order valence-electron chi connectivity index (χ3n) is 4.95. The van der Waals surface area contributed by atoms with E-state index in [2.05, 4.69) is 17.1 Å². The summed E-state index contributed by atoms with van der Waals surface area (Å²) >= 11 is 3.15. The van der Waals surface area contributed by atoms with Crippen molar-refractivity contribution in [3.63, 3.8) is 0 Å². The van der Waals surface area contributed by atoms with Gasteiger partial charge in [0.25, 0.3) is 5.56 Å². The Hall–Kier alpha value is -2.58. The first-order chi connectivity index (χ1) is 15.2. The van der Waals surface area contributed by atoms with Crippen LogP contribution in [0.5, 0.6) is 0 Å². The van der Waals surface area contributed by atoms with Crippen LogP contribution in [0.25, 0.3) is 22.3 Å². The summed E-state index contributed by atoms with van der Waals surface area (Å²) in [6.07, 6.45) is 5.16. The summed E-state index contributed by atoms with van der Waals surface area (Å²) in [5.74, 6) is 1.53. The van der Waals surface area contributed by atoms with Crippen molar-refractivity contribution in [2.45, 2.75) is 48.5 Å². The normalized spacial score (nSPS) is 11.3. The topological polar surface area (TPSA) is 73.8 Å². The van der Waals surface area contributed by atoms with Gasteiger partial charge in [0, 0.05) is 17.0 Å². The SMILES string of the molecule is CCCCCn1c(SCc2nc(-c3ccc(SC)cc3)no2)nc2ccccc2c1=O. The molecule has 0 saturated carbocycles. The zero-order valence-electron chi connectivity index (χ0n) is 17.6. The van der Waals surface area contributed by atoms with Gasteiger partial charge in [-0.1, -0.05) is 48.8 Å². The van der Waals surface area contributed by atoms with Crippen LogP contribution in [0.1, 0.15) is 32.1 Å². The first-order valence-electron chi connectivity index (χ1n) is 10.3. The quantitative estimate of drug-likeness (QED) is 0.184. The van der Waals surface area contributed by atoms with Crippen molar-refractivity contribution in [1.29, 1.82) is 0 Å².